The van der Waals surface area contributed by atoms with Gasteiger partial charge in [0.1, 0.15) is 12.1 Å². The van der Waals surface area contributed by atoms with Gasteiger partial charge in [-0.2, -0.15) is 0 Å². The first-order valence-corrected chi connectivity index (χ1v) is 6.52. The summed E-state index contributed by atoms with van der Waals surface area (Å²) in [5.74, 6) is 2.30. The molecule has 0 amide bonds. The van der Waals surface area contributed by atoms with Crippen LogP contribution in [0.1, 0.15) is 19.8 Å². The SMILES string of the molecule is CCOc1cc(N2CCC(COC)CC2)ncn1. The number of ether oxygens (including phenoxy) is 2. The van der Waals surface area contributed by atoms with Crippen LogP contribution in [0.4, 0.5) is 5.82 Å². The van der Waals surface area contributed by atoms with Crippen molar-refractivity contribution < 1.29 is 9.47 Å². The maximum absolute atomic E-state index is 5.40. The van der Waals surface area contributed by atoms with Gasteiger partial charge in [-0.3, -0.25) is 0 Å². The summed E-state index contributed by atoms with van der Waals surface area (Å²) in [5, 5.41) is 0. The van der Waals surface area contributed by atoms with Gasteiger partial charge in [0.15, 0.2) is 0 Å². The van der Waals surface area contributed by atoms with Gasteiger partial charge in [0.2, 0.25) is 5.88 Å². The number of anilines is 1. The lowest BCUT2D eigenvalue weighted by Gasteiger charge is -2.32. The maximum atomic E-state index is 5.40. The van der Waals surface area contributed by atoms with E-state index < -0.39 is 0 Å². The van der Waals surface area contributed by atoms with Gasteiger partial charge in [-0.1, -0.05) is 0 Å². The van der Waals surface area contributed by atoms with Gasteiger partial charge in [-0.05, 0) is 25.7 Å². The second-order valence-corrected chi connectivity index (χ2v) is 4.53. The summed E-state index contributed by atoms with van der Waals surface area (Å²) >= 11 is 0. The Hall–Kier alpha value is -1.36. The summed E-state index contributed by atoms with van der Waals surface area (Å²) < 4.78 is 10.6. The number of methoxy groups -OCH3 is 1. The van der Waals surface area contributed by atoms with Crippen LogP contribution >= 0.6 is 0 Å². The van der Waals surface area contributed by atoms with Crippen LogP contribution in [0.3, 0.4) is 0 Å². The lowest BCUT2D eigenvalue weighted by molar-refractivity contribution is 0.139. The van der Waals surface area contributed by atoms with E-state index in [4.69, 9.17) is 9.47 Å². The van der Waals surface area contributed by atoms with E-state index >= 15 is 0 Å². The van der Waals surface area contributed by atoms with Crippen LogP contribution in [0, 0.1) is 5.92 Å². The summed E-state index contributed by atoms with van der Waals surface area (Å²) in [4.78, 5) is 10.7. The maximum Gasteiger partial charge on any atom is 0.218 e. The third-order valence-corrected chi connectivity index (χ3v) is 3.26. The number of aromatic nitrogens is 2. The van der Waals surface area contributed by atoms with Crippen LogP contribution in [0.25, 0.3) is 0 Å². The van der Waals surface area contributed by atoms with Crippen LogP contribution in [-0.4, -0.2) is 43.4 Å². The van der Waals surface area contributed by atoms with Gasteiger partial charge in [-0.15, -0.1) is 0 Å². The van der Waals surface area contributed by atoms with Crippen LogP contribution in [-0.2, 0) is 4.74 Å². The fourth-order valence-electron chi connectivity index (χ4n) is 2.29. The van der Waals surface area contributed by atoms with Gasteiger partial charge in [0.05, 0.1) is 6.61 Å². The minimum atomic E-state index is 0.631. The van der Waals surface area contributed by atoms with Crippen LogP contribution < -0.4 is 9.64 Å². The van der Waals surface area contributed by atoms with E-state index in [0.717, 1.165) is 38.4 Å². The number of nitrogens with zero attached hydrogens (tertiary/aromatic N) is 3. The quantitative estimate of drug-likeness (QED) is 0.797. The fourth-order valence-corrected chi connectivity index (χ4v) is 2.29. The van der Waals surface area contributed by atoms with Crippen molar-refractivity contribution in [2.24, 2.45) is 5.92 Å². The zero-order chi connectivity index (χ0) is 12.8. The van der Waals surface area contributed by atoms with E-state index in [1.54, 1.807) is 13.4 Å². The third-order valence-electron chi connectivity index (χ3n) is 3.26. The van der Waals surface area contributed by atoms with E-state index in [2.05, 4.69) is 14.9 Å². The molecule has 2 heterocycles. The Bertz CT molecular complexity index is 365. The normalized spacial score (nSPS) is 16.9. The highest BCUT2D eigenvalue weighted by Crippen LogP contribution is 2.23. The van der Waals surface area contributed by atoms with Crippen LogP contribution in [0.15, 0.2) is 12.4 Å². The Morgan fingerprint density at radius 3 is 2.78 bits per heavy atom. The molecule has 0 saturated carbocycles. The molecule has 2 rings (SSSR count). The monoisotopic (exact) mass is 251 g/mol. The van der Waals surface area contributed by atoms with E-state index in [1.165, 1.54) is 0 Å². The van der Waals surface area contributed by atoms with Crippen molar-refractivity contribution >= 4 is 5.82 Å². The standard InChI is InChI=1S/C13H21N3O2/c1-3-18-13-8-12(14-10-15-13)16-6-4-11(5-7-16)9-17-2/h8,10-11H,3-7,9H2,1-2H3. The first-order chi connectivity index (χ1) is 8.83. The third kappa shape index (κ3) is 3.32. The Labute approximate surface area is 108 Å². The van der Waals surface area contributed by atoms with Crippen molar-refractivity contribution in [3.05, 3.63) is 12.4 Å². The van der Waals surface area contributed by atoms with Crippen molar-refractivity contribution in [1.29, 1.82) is 0 Å². The smallest absolute Gasteiger partial charge is 0.218 e. The van der Waals surface area contributed by atoms with Crippen molar-refractivity contribution in [2.45, 2.75) is 19.8 Å². The lowest BCUT2D eigenvalue weighted by atomic mass is 9.98. The van der Waals surface area contributed by atoms with E-state index in [-0.39, 0.29) is 0 Å². The molecule has 1 aliphatic heterocycles. The average molecular weight is 251 g/mol. The number of rotatable bonds is 5. The molecule has 0 bridgehead atoms. The Morgan fingerprint density at radius 1 is 1.33 bits per heavy atom. The lowest BCUT2D eigenvalue weighted by Crippen LogP contribution is -2.35. The number of piperidine rings is 1. The largest absolute Gasteiger partial charge is 0.478 e. The first kappa shape index (κ1) is 13.1. The zero-order valence-corrected chi connectivity index (χ0v) is 11.1. The fraction of sp³-hybridized carbons (Fsp3) is 0.692. The topological polar surface area (TPSA) is 47.5 Å². The number of hydrogen-bond donors (Lipinski definition) is 0. The second-order valence-electron chi connectivity index (χ2n) is 4.53. The highest BCUT2D eigenvalue weighted by Gasteiger charge is 2.20. The van der Waals surface area contributed by atoms with Gasteiger partial charge in [0, 0.05) is 32.9 Å². The molecule has 0 radical (unpaired) electrons. The minimum absolute atomic E-state index is 0.631. The Balaban J connectivity index is 1.94. The first-order valence-electron chi connectivity index (χ1n) is 6.52. The van der Waals surface area contributed by atoms with E-state index in [9.17, 15) is 0 Å². The molecule has 0 spiro atoms. The molecule has 0 unspecified atom stereocenters. The molecule has 5 nitrogen and oxygen atoms in total. The van der Waals surface area contributed by atoms with Crippen LogP contribution in [0.2, 0.25) is 0 Å². The molecule has 0 aliphatic carbocycles. The second kappa shape index (κ2) is 6.54. The predicted molar refractivity (Wildman–Crippen MR) is 70.0 cm³/mol. The van der Waals surface area contributed by atoms with Crippen molar-refractivity contribution in [2.75, 3.05) is 38.3 Å². The Morgan fingerprint density at radius 2 is 2.11 bits per heavy atom. The molecule has 0 N–H and O–H groups in total. The average Bonchev–Trinajstić information content (AvgIpc) is 2.41. The molecular weight excluding hydrogens is 230 g/mol. The van der Waals surface area contributed by atoms with Gasteiger partial charge < -0.3 is 14.4 Å². The van der Waals surface area contributed by atoms with E-state index in [0.29, 0.717) is 18.4 Å². The van der Waals surface area contributed by atoms with E-state index in [1.807, 2.05) is 13.0 Å². The highest BCUT2D eigenvalue weighted by molar-refractivity contribution is 5.41. The number of hydrogen-bond acceptors (Lipinski definition) is 5. The molecule has 1 aromatic rings. The highest BCUT2D eigenvalue weighted by atomic mass is 16.5. The Kier molecular flexibility index (Phi) is 4.75. The summed E-state index contributed by atoms with van der Waals surface area (Å²) in [6.45, 7) is 5.50. The minimum Gasteiger partial charge on any atom is -0.478 e. The molecule has 1 saturated heterocycles. The summed E-state index contributed by atoms with van der Waals surface area (Å²) in [6.07, 6.45) is 3.88. The molecule has 18 heavy (non-hydrogen) atoms. The van der Waals surface area contributed by atoms with Crippen LogP contribution in [0.5, 0.6) is 5.88 Å². The zero-order valence-electron chi connectivity index (χ0n) is 11.1. The summed E-state index contributed by atoms with van der Waals surface area (Å²) in [5.41, 5.74) is 0. The molecule has 100 valence electrons. The predicted octanol–water partition coefficient (Wildman–Crippen LogP) is 1.74. The van der Waals surface area contributed by atoms with Crippen molar-refractivity contribution in [1.82, 2.24) is 9.97 Å². The van der Waals surface area contributed by atoms with Gasteiger partial charge >= 0.3 is 0 Å². The molecule has 0 atom stereocenters. The summed E-state index contributed by atoms with van der Waals surface area (Å²) in [6, 6.07) is 1.92. The van der Waals surface area contributed by atoms with Crippen molar-refractivity contribution in [3.63, 3.8) is 0 Å². The molecule has 1 aromatic heterocycles. The molecule has 5 heteroatoms. The van der Waals surface area contributed by atoms with Crippen molar-refractivity contribution in [3.8, 4) is 5.88 Å². The summed E-state index contributed by atoms with van der Waals surface area (Å²) in [7, 11) is 1.77. The molecular formula is C13H21N3O2. The molecule has 1 aliphatic rings. The van der Waals surface area contributed by atoms with Gasteiger partial charge in [0.25, 0.3) is 0 Å². The molecule has 0 aromatic carbocycles. The molecule has 1 fully saturated rings. The van der Waals surface area contributed by atoms with Gasteiger partial charge in [-0.25, -0.2) is 9.97 Å².